The van der Waals surface area contributed by atoms with Crippen molar-refractivity contribution in [2.75, 3.05) is 6.54 Å². The van der Waals surface area contributed by atoms with Crippen LogP contribution in [0.2, 0.25) is 0 Å². The lowest BCUT2D eigenvalue weighted by Gasteiger charge is -2.28. The zero-order chi connectivity index (χ0) is 24.7. The smallest absolute Gasteiger partial charge is 0.258 e. The third-order valence-corrected chi connectivity index (χ3v) is 6.28. The Bertz CT molecular complexity index is 1310. The number of hydrogen-bond donors (Lipinski definition) is 0. The Kier molecular flexibility index (Phi) is 7.20. The standard InChI is InChI=1S/C31H29N3O2/c1-24(27-15-9-4-10-16-27)32-34-30(35)22-33(21-25-11-5-2-6-12-25)31(34)28-17-19-29(20-18-28)36-23-26-13-7-3-8-14-26/h2-20,31H,21-23H2,1H3/b32-24-/t31-/m0/s1. The van der Waals surface area contributed by atoms with Gasteiger partial charge in [0.25, 0.3) is 5.91 Å². The van der Waals surface area contributed by atoms with E-state index in [1.54, 1.807) is 5.01 Å². The molecule has 1 amide bonds. The van der Waals surface area contributed by atoms with Crippen molar-refractivity contribution in [3.63, 3.8) is 0 Å². The predicted octanol–water partition coefficient (Wildman–Crippen LogP) is 6.03. The lowest BCUT2D eigenvalue weighted by Crippen LogP contribution is -2.29. The quantitative estimate of drug-likeness (QED) is 0.292. The number of hydrazone groups is 1. The minimum atomic E-state index is -0.306. The Labute approximate surface area is 212 Å². The first-order valence-electron chi connectivity index (χ1n) is 12.1. The molecule has 1 aliphatic rings. The number of benzene rings is 4. The van der Waals surface area contributed by atoms with E-state index in [9.17, 15) is 4.79 Å². The average Bonchev–Trinajstić information content (AvgIpc) is 3.23. The van der Waals surface area contributed by atoms with Gasteiger partial charge in [-0.15, -0.1) is 0 Å². The third-order valence-electron chi connectivity index (χ3n) is 6.28. The highest BCUT2D eigenvalue weighted by Crippen LogP contribution is 2.34. The summed E-state index contributed by atoms with van der Waals surface area (Å²) < 4.78 is 5.98. The molecule has 0 radical (unpaired) electrons. The van der Waals surface area contributed by atoms with Gasteiger partial charge in [0.15, 0.2) is 0 Å². The van der Waals surface area contributed by atoms with Gasteiger partial charge in [0.2, 0.25) is 0 Å². The van der Waals surface area contributed by atoms with Crippen LogP contribution < -0.4 is 4.74 Å². The zero-order valence-corrected chi connectivity index (χ0v) is 20.3. The summed E-state index contributed by atoms with van der Waals surface area (Å²) in [7, 11) is 0. The molecule has 0 spiro atoms. The molecule has 0 bridgehead atoms. The minimum absolute atomic E-state index is 0.0179. The monoisotopic (exact) mass is 475 g/mol. The normalized spacial score (nSPS) is 16.4. The second-order valence-electron chi connectivity index (χ2n) is 8.90. The van der Waals surface area contributed by atoms with Gasteiger partial charge in [-0.1, -0.05) is 103 Å². The van der Waals surface area contributed by atoms with Crippen LogP contribution in [0, 0.1) is 0 Å². The van der Waals surface area contributed by atoms with Crippen LogP contribution >= 0.6 is 0 Å². The summed E-state index contributed by atoms with van der Waals surface area (Å²) in [6.07, 6.45) is -0.306. The van der Waals surface area contributed by atoms with Gasteiger partial charge >= 0.3 is 0 Å². The first-order valence-corrected chi connectivity index (χ1v) is 12.1. The number of carbonyl (C=O) groups excluding carboxylic acids is 1. The molecule has 1 aliphatic heterocycles. The highest BCUT2D eigenvalue weighted by Gasteiger charge is 2.39. The molecule has 1 saturated heterocycles. The minimum Gasteiger partial charge on any atom is -0.489 e. The molecule has 4 aromatic rings. The maximum atomic E-state index is 13.2. The Morgan fingerprint density at radius 3 is 2.03 bits per heavy atom. The topological polar surface area (TPSA) is 45.1 Å². The zero-order valence-electron chi connectivity index (χ0n) is 20.3. The van der Waals surface area contributed by atoms with Crippen molar-refractivity contribution < 1.29 is 9.53 Å². The summed E-state index contributed by atoms with van der Waals surface area (Å²) in [4.78, 5) is 15.4. The molecule has 0 aliphatic carbocycles. The molecule has 0 N–H and O–H groups in total. The lowest BCUT2D eigenvalue weighted by atomic mass is 10.1. The fourth-order valence-corrected chi connectivity index (χ4v) is 4.42. The van der Waals surface area contributed by atoms with E-state index in [-0.39, 0.29) is 12.1 Å². The van der Waals surface area contributed by atoms with Crippen molar-refractivity contribution in [3.05, 3.63) is 138 Å². The molecule has 5 heteroatoms. The average molecular weight is 476 g/mol. The molecule has 36 heavy (non-hydrogen) atoms. The first kappa shape index (κ1) is 23.5. The van der Waals surface area contributed by atoms with Crippen LogP contribution in [0.15, 0.2) is 120 Å². The summed E-state index contributed by atoms with van der Waals surface area (Å²) in [5.41, 5.74) is 5.07. The highest BCUT2D eigenvalue weighted by atomic mass is 16.5. The number of amides is 1. The van der Waals surface area contributed by atoms with Crippen molar-refractivity contribution in [2.24, 2.45) is 5.10 Å². The molecule has 0 saturated carbocycles. The van der Waals surface area contributed by atoms with Crippen LogP contribution in [-0.2, 0) is 17.9 Å². The molecule has 180 valence electrons. The van der Waals surface area contributed by atoms with Gasteiger partial charge in [0.1, 0.15) is 18.5 Å². The van der Waals surface area contributed by atoms with E-state index in [0.29, 0.717) is 19.7 Å². The molecule has 1 heterocycles. The summed E-state index contributed by atoms with van der Waals surface area (Å²) in [5.74, 6) is 0.771. The largest absolute Gasteiger partial charge is 0.489 e. The van der Waals surface area contributed by atoms with Crippen molar-refractivity contribution in [1.82, 2.24) is 9.91 Å². The molecule has 5 rings (SSSR count). The van der Waals surface area contributed by atoms with E-state index < -0.39 is 0 Å². The van der Waals surface area contributed by atoms with Crippen molar-refractivity contribution in [2.45, 2.75) is 26.2 Å². The Hall–Kier alpha value is -4.22. The second-order valence-corrected chi connectivity index (χ2v) is 8.90. The predicted molar refractivity (Wildman–Crippen MR) is 142 cm³/mol. The SMILES string of the molecule is C/C(=N/N1C(=O)CN(Cc2ccccc2)[C@@H]1c1ccc(OCc2ccccc2)cc1)c1ccccc1. The van der Waals surface area contributed by atoms with E-state index in [1.807, 2.05) is 110 Å². The number of carbonyl (C=O) groups is 1. The van der Waals surface area contributed by atoms with Crippen molar-refractivity contribution in [1.29, 1.82) is 0 Å². The molecule has 1 fully saturated rings. The second kappa shape index (κ2) is 11.0. The molecule has 0 unspecified atom stereocenters. The van der Waals surface area contributed by atoms with E-state index in [2.05, 4.69) is 17.0 Å². The number of hydrogen-bond acceptors (Lipinski definition) is 4. The summed E-state index contributed by atoms with van der Waals surface area (Å²) in [5, 5.41) is 6.43. The number of rotatable bonds is 8. The van der Waals surface area contributed by atoms with Crippen LogP contribution in [-0.4, -0.2) is 28.1 Å². The van der Waals surface area contributed by atoms with Crippen molar-refractivity contribution >= 4 is 11.6 Å². The fraction of sp³-hybridized carbons (Fsp3) is 0.161. The van der Waals surface area contributed by atoms with Crippen LogP contribution in [0.3, 0.4) is 0 Å². The van der Waals surface area contributed by atoms with Gasteiger partial charge in [-0.25, -0.2) is 5.01 Å². The Morgan fingerprint density at radius 1 is 0.806 bits per heavy atom. The number of nitrogens with zero attached hydrogens (tertiary/aromatic N) is 3. The molecule has 5 nitrogen and oxygen atoms in total. The Morgan fingerprint density at radius 2 is 1.39 bits per heavy atom. The van der Waals surface area contributed by atoms with Gasteiger partial charge in [-0.05, 0) is 41.3 Å². The summed E-state index contributed by atoms with van der Waals surface area (Å²) in [6, 6.07) is 38.3. The third kappa shape index (κ3) is 5.53. The molecule has 4 aromatic carbocycles. The highest BCUT2D eigenvalue weighted by molar-refractivity contribution is 5.99. The van der Waals surface area contributed by atoms with Gasteiger partial charge in [-0.2, -0.15) is 5.10 Å². The van der Waals surface area contributed by atoms with Crippen LogP contribution in [0.5, 0.6) is 5.75 Å². The molecular formula is C31H29N3O2. The molecular weight excluding hydrogens is 446 g/mol. The molecule has 1 atom stereocenters. The van der Waals surface area contributed by atoms with Gasteiger partial charge in [0.05, 0.1) is 12.3 Å². The summed E-state index contributed by atoms with van der Waals surface area (Å²) in [6.45, 7) is 3.41. The first-order chi connectivity index (χ1) is 17.7. The van der Waals surface area contributed by atoms with Crippen LogP contribution in [0.25, 0.3) is 0 Å². The van der Waals surface area contributed by atoms with E-state index >= 15 is 0 Å². The molecule has 0 aromatic heterocycles. The lowest BCUT2D eigenvalue weighted by molar-refractivity contribution is -0.128. The van der Waals surface area contributed by atoms with Gasteiger partial charge < -0.3 is 4.74 Å². The van der Waals surface area contributed by atoms with Crippen molar-refractivity contribution in [3.8, 4) is 5.75 Å². The summed E-state index contributed by atoms with van der Waals surface area (Å²) >= 11 is 0. The maximum absolute atomic E-state index is 13.2. The van der Waals surface area contributed by atoms with Crippen LogP contribution in [0.1, 0.15) is 35.3 Å². The van der Waals surface area contributed by atoms with Gasteiger partial charge in [0, 0.05) is 6.54 Å². The van der Waals surface area contributed by atoms with E-state index in [0.717, 1.165) is 33.7 Å². The van der Waals surface area contributed by atoms with Gasteiger partial charge in [-0.3, -0.25) is 9.69 Å². The maximum Gasteiger partial charge on any atom is 0.258 e. The van der Waals surface area contributed by atoms with Crippen LogP contribution in [0.4, 0.5) is 0 Å². The fourth-order valence-electron chi connectivity index (χ4n) is 4.42. The van der Waals surface area contributed by atoms with E-state index in [4.69, 9.17) is 9.84 Å². The van der Waals surface area contributed by atoms with E-state index in [1.165, 1.54) is 0 Å². The Balaban J connectivity index is 1.41. The number of ether oxygens (including phenoxy) is 1.